The van der Waals surface area contributed by atoms with E-state index in [1.807, 2.05) is 0 Å². The molecule has 2 aromatic rings. The summed E-state index contributed by atoms with van der Waals surface area (Å²) in [4.78, 5) is 9.85. The topological polar surface area (TPSA) is 115 Å². The van der Waals surface area contributed by atoms with Crippen molar-refractivity contribution >= 4 is 21.4 Å². The van der Waals surface area contributed by atoms with E-state index in [1.54, 1.807) is 24.3 Å². The molecular weight excluding hydrogens is 306 g/mol. The number of nitrogens with one attached hydrogen (secondary N) is 1. The molecule has 0 saturated carbocycles. The van der Waals surface area contributed by atoms with Crippen molar-refractivity contribution in [2.75, 3.05) is 12.3 Å². The maximum atomic E-state index is 12.2. The van der Waals surface area contributed by atoms with E-state index in [2.05, 4.69) is 4.72 Å². The minimum Gasteiger partial charge on any atom is -0.399 e. The lowest BCUT2D eigenvalue weighted by Gasteiger charge is -2.07. The summed E-state index contributed by atoms with van der Waals surface area (Å²) in [5.41, 5.74) is 6.67. The van der Waals surface area contributed by atoms with Crippen LogP contribution in [0.1, 0.15) is 5.56 Å². The number of hydrogen-bond donors (Lipinski definition) is 2. The molecule has 116 valence electrons. The predicted octanol–water partition coefficient (Wildman–Crippen LogP) is 1.70. The molecule has 0 atom stereocenters. The number of benzene rings is 2. The van der Waals surface area contributed by atoms with E-state index in [-0.39, 0.29) is 11.4 Å². The number of anilines is 1. The standard InChI is InChI=1S/C14H15N3O4S/c15-12-7-5-11(6-8-12)9-10-16-22(20,21)14-4-2-1-3-13(14)17(18)19/h1-8,16H,9-10,15H2. The molecular formula is C14H15N3O4S. The smallest absolute Gasteiger partial charge is 0.289 e. The molecule has 0 unspecified atom stereocenters. The summed E-state index contributed by atoms with van der Waals surface area (Å²) in [5, 5.41) is 10.9. The van der Waals surface area contributed by atoms with Crippen LogP contribution in [-0.4, -0.2) is 19.9 Å². The molecule has 0 bridgehead atoms. The zero-order valence-corrected chi connectivity index (χ0v) is 12.4. The van der Waals surface area contributed by atoms with Gasteiger partial charge in [0.15, 0.2) is 4.90 Å². The summed E-state index contributed by atoms with van der Waals surface area (Å²) in [5.74, 6) is 0. The number of para-hydroxylation sites is 1. The second kappa shape index (κ2) is 6.54. The minimum atomic E-state index is -3.93. The lowest BCUT2D eigenvalue weighted by molar-refractivity contribution is -0.387. The Kier molecular flexibility index (Phi) is 4.74. The number of nitro groups is 1. The number of sulfonamides is 1. The van der Waals surface area contributed by atoms with Crippen LogP contribution in [0.3, 0.4) is 0 Å². The fraction of sp³-hybridized carbons (Fsp3) is 0.143. The summed E-state index contributed by atoms with van der Waals surface area (Å²) < 4.78 is 26.7. The summed E-state index contributed by atoms with van der Waals surface area (Å²) in [6, 6.07) is 12.3. The first-order valence-corrected chi connectivity index (χ1v) is 7.96. The fourth-order valence-electron chi connectivity index (χ4n) is 1.93. The van der Waals surface area contributed by atoms with Gasteiger partial charge in [-0.05, 0) is 30.2 Å². The Labute approximate surface area is 128 Å². The van der Waals surface area contributed by atoms with Crippen LogP contribution in [0.5, 0.6) is 0 Å². The zero-order chi connectivity index (χ0) is 16.2. The van der Waals surface area contributed by atoms with Gasteiger partial charge in [0.05, 0.1) is 4.92 Å². The summed E-state index contributed by atoms with van der Waals surface area (Å²) in [6.07, 6.45) is 0.458. The van der Waals surface area contributed by atoms with Crippen molar-refractivity contribution in [2.45, 2.75) is 11.3 Å². The van der Waals surface area contributed by atoms with Crippen molar-refractivity contribution in [2.24, 2.45) is 0 Å². The van der Waals surface area contributed by atoms with Gasteiger partial charge in [-0.1, -0.05) is 24.3 Å². The summed E-state index contributed by atoms with van der Waals surface area (Å²) in [6.45, 7) is 0.137. The van der Waals surface area contributed by atoms with Crippen molar-refractivity contribution in [1.29, 1.82) is 0 Å². The molecule has 2 aromatic carbocycles. The van der Waals surface area contributed by atoms with Gasteiger partial charge < -0.3 is 5.73 Å². The SMILES string of the molecule is Nc1ccc(CCNS(=O)(=O)c2ccccc2[N+](=O)[O-])cc1. The van der Waals surface area contributed by atoms with Gasteiger partial charge in [0, 0.05) is 18.3 Å². The van der Waals surface area contributed by atoms with Crippen LogP contribution in [0, 0.1) is 10.1 Å². The van der Waals surface area contributed by atoms with Gasteiger partial charge >= 0.3 is 0 Å². The van der Waals surface area contributed by atoms with Crippen molar-refractivity contribution < 1.29 is 13.3 Å². The molecule has 3 N–H and O–H groups in total. The number of hydrogen-bond acceptors (Lipinski definition) is 5. The molecule has 0 saturated heterocycles. The van der Waals surface area contributed by atoms with Crippen molar-refractivity contribution in [3.8, 4) is 0 Å². The molecule has 0 fully saturated rings. The lowest BCUT2D eigenvalue weighted by Crippen LogP contribution is -2.26. The van der Waals surface area contributed by atoms with E-state index in [0.717, 1.165) is 11.6 Å². The molecule has 2 rings (SSSR count). The molecule has 0 radical (unpaired) electrons. The Balaban J connectivity index is 2.09. The number of nitrogen functional groups attached to an aromatic ring is 1. The van der Waals surface area contributed by atoms with E-state index in [0.29, 0.717) is 12.1 Å². The van der Waals surface area contributed by atoms with Crippen molar-refractivity contribution in [3.63, 3.8) is 0 Å². The van der Waals surface area contributed by atoms with Gasteiger partial charge in [-0.2, -0.15) is 0 Å². The average molecular weight is 321 g/mol. The number of nitro benzene ring substituents is 1. The zero-order valence-electron chi connectivity index (χ0n) is 11.6. The van der Waals surface area contributed by atoms with Gasteiger partial charge in [0.25, 0.3) is 5.69 Å². The Hall–Kier alpha value is -2.45. The Bertz CT molecular complexity index is 773. The first-order chi connectivity index (χ1) is 10.4. The third-order valence-corrected chi connectivity index (χ3v) is 4.55. The highest BCUT2D eigenvalue weighted by Crippen LogP contribution is 2.22. The van der Waals surface area contributed by atoms with Crippen molar-refractivity contribution in [1.82, 2.24) is 4.72 Å². The number of nitrogens with zero attached hydrogens (tertiary/aromatic N) is 1. The highest BCUT2D eigenvalue weighted by Gasteiger charge is 2.24. The largest absolute Gasteiger partial charge is 0.399 e. The first-order valence-electron chi connectivity index (χ1n) is 6.47. The Morgan fingerprint density at radius 3 is 2.36 bits per heavy atom. The van der Waals surface area contributed by atoms with Gasteiger partial charge in [-0.3, -0.25) is 10.1 Å². The molecule has 0 spiro atoms. The maximum Gasteiger partial charge on any atom is 0.289 e. The Morgan fingerprint density at radius 2 is 1.73 bits per heavy atom. The highest BCUT2D eigenvalue weighted by molar-refractivity contribution is 7.89. The highest BCUT2D eigenvalue weighted by atomic mass is 32.2. The fourth-order valence-corrected chi connectivity index (χ4v) is 3.13. The lowest BCUT2D eigenvalue weighted by atomic mass is 10.1. The second-order valence-electron chi connectivity index (χ2n) is 4.61. The minimum absolute atomic E-state index is 0.137. The molecule has 0 amide bonds. The van der Waals surface area contributed by atoms with Gasteiger partial charge in [-0.15, -0.1) is 0 Å². The van der Waals surface area contributed by atoms with E-state index in [9.17, 15) is 18.5 Å². The van der Waals surface area contributed by atoms with Crippen molar-refractivity contribution in [3.05, 3.63) is 64.2 Å². The van der Waals surface area contributed by atoms with Crippen LogP contribution in [0.25, 0.3) is 0 Å². The molecule has 0 aliphatic rings. The molecule has 8 heteroatoms. The third kappa shape index (κ3) is 3.80. The van der Waals surface area contributed by atoms with Crippen LogP contribution in [0.15, 0.2) is 53.4 Å². The van der Waals surface area contributed by atoms with Gasteiger partial charge in [0.2, 0.25) is 10.0 Å². The summed E-state index contributed by atoms with van der Waals surface area (Å²) in [7, 11) is -3.93. The Morgan fingerprint density at radius 1 is 1.09 bits per heavy atom. The molecule has 0 heterocycles. The third-order valence-electron chi connectivity index (χ3n) is 3.04. The van der Waals surface area contributed by atoms with E-state index >= 15 is 0 Å². The molecule has 0 aliphatic heterocycles. The first kappa shape index (κ1) is 15.9. The maximum absolute atomic E-state index is 12.2. The molecule has 0 aliphatic carbocycles. The van der Waals surface area contributed by atoms with Gasteiger partial charge in [0.1, 0.15) is 0 Å². The number of nitrogens with two attached hydrogens (primary N) is 1. The average Bonchev–Trinajstić information content (AvgIpc) is 2.49. The number of rotatable bonds is 6. The monoisotopic (exact) mass is 321 g/mol. The van der Waals surface area contributed by atoms with Crippen LogP contribution < -0.4 is 10.5 Å². The van der Waals surface area contributed by atoms with Crippen LogP contribution in [-0.2, 0) is 16.4 Å². The van der Waals surface area contributed by atoms with Crippen LogP contribution in [0.2, 0.25) is 0 Å². The molecule has 22 heavy (non-hydrogen) atoms. The summed E-state index contributed by atoms with van der Waals surface area (Å²) >= 11 is 0. The van der Waals surface area contributed by atoms with E-state index in [4.69, 9.17) is 5.73 Å². The van der Waals surface area contributed by atoms with Crippen LogP contribution in [0.4, 0.5) is 11.4 Å². The van der Waals surface area contributed by atoms with Gasteiger partial charge in [-0.25, -0.2) is 13.1 Å². The van der Waals surface area contributed by atoms with E-state index in [1.165, 1.54) is 18.2 Å². The van der Waals surface area contributed by atoms with E-state index < -0.39 is 20.6 Å². The quantitative estimate of drug-likeness (QED) is 0.477. The molecule has 7 nitrogen and oxygen atoms in total. The second-order valence-corrected chi connectivity index (χ2v) is 6.35. The predicted molar refractivity (Wildman–Crippen MR) is 82.8 cm³/mol. The molecule has 0 aromatic heterocycles. The normalized spacial score (nSPS) is 11.3. The van der Waals surface area contributed by atoms with Crippen LogP contribution >= 0.6 is 0 Å².